The molecule has 3 N–H and O–H groups in total. The zero-order chi connectivity index (χ0) is 13.7. The van der Waals surface area contributed by atoms with Gasteiger partial charge < -0.3 is 0 Å². The van der Waals surface area contributed by atoms with Gasteiger partial charge in [-0.1, -0.05) is 39.2 Å². The molecule has 3 heteroatoms. The normalized spacial score (nSPS) is 21.1. The minimum Gasteiger partial charge on any atom is -0.271 e. The average molecular weight is 261 g/mol. The van der Waals surface area contributed by atoms with Crippen LogP contribution in [0, 0.1) is 5.92 Å². The Hall–Kier alpha value is -0.930. The number of aromatic nitrogens is 1. The molecule has 19 heavy (non-hydrogen) atoms. The summed E-state index contributed by atoms with van der Waals surface area (Å²) in [5, 5.41) is 0. The van der Waals surface area contributed by atoms with E-state index in [2.05, 4.69) is 30.3 Å². The topological polar surface area (TPSA) is 50.9 Å². The summed E-state index contributed by atoms with van der Waals surface area (Å²) < 4.78 is 0. The van der Waals surface area contributed by atoms with Crippen LogP contribution >= 0.6 is 0 Å². The van der Waals surface area contributed by atoms with Crippen molar-refractivity contribution in [2.24, 2.45) is 11.8 Å². The number of pyridine rings is 1. The molecule has 1 heterocycles. The summed E-state index contributed by atoms with van der Waals surface area (Å²) >= 11 is 0. The van der Waals surface area contributed by atoms with Crippen molar-refractivity contribution in [1.29, 1.82) is 0 Å². The lowest BCUT2D eigenvalue weighted by Gasteiger charge is -2.30. The highest BCUT2D eigenvalue weighted by Crippen LogP contribution is 2.37. The number of hydrazine groups is 1. The van der Waals surface area contributed by atoms with Crippen molar-refractivity contribution < 1.29 is 0 Å². The number of nitrogens with zero attached hydrogens (tertiary/aromatic N) is 1. The van der Waals surface area contributed by atoms with E-state index in [0.717, 1.165) is 6.42 Å². The number of nitrogens with two attached hydrogens (primary N) is 1. The van der Waals surface area contributed by atoms with Crippen LogP contribution in [0.15, 0.2) is 18.3 Å². The predicted molar refractivity (Wildman–Crippen MR) is 79.7 cm³/mol. The number of nitrogens with one attached hydrogen (secondary N) is 1. The first-order chi connectivity index (χ1) is 9.31. The Morgan fingerprint density at radius 1 is 1.47 bits per heavy atom. The maximum Gasteiger partial charge on any atom is 0.0482 e. The summed E-state index contributed by atoms with van der Waals surface area (Å²) in [4.78, 5) is 4.61. The summed E-state index contributed by atoms with van der Waals surface area (Å²) in [5.74, 6) is 7.02. The molecule has 0 spiro atoms. The molecule has 0 aromatic carbocycles. The largest absolute Gasteiger partial charge is 0.271 e. The Balaban J connectivity index is 2.13. The van der Waals surface area contributed by atoms with E-state index in [4.69, 9.17) is 5.84 Å². The lowest BCUT2D eigenvalue weighted by Crippen LogP contribution is -2.44. The van der Waals surface area contributed by atoms with E-state index in [0.29, 0.717) is 17.9 Å². The van der Waals surface area contributed by atoms with E-state index in [1.54, 1.807) is 0 Å². The summed E-state index contributed by atoms with van der Waals surface area (Å²) in [6.07, 6.45) is 9.25. The van der Waals surface area contributed by atoms with E-state index >= 15 is 0 Å². The Morgan fingerprint density at radius 3 is 3.00 bits per heavy atom. The molecular formula is C16H27N3. The van der Waals surface area contributed by atoms with Crippen LogP contribution < -0.4 is 11.3 Å². The zero-order valence-corrected chi connectivity index (χ0v) is 12.2. The fourth-order valence-corrected chi connectivity index (χ4v) is 3.48. The van der Waals surface area contributed by atoms with Crippen LogP contribution in [0.3, 0.4) is 0 Å². The van der Waals surface area contributed by atoms with Crippen molar-refractivity contribution in [2.45, 2.75) is 64.3 Å². The number of fused-ring (bicyclic) bond motifs is 1. The van der Waals surface area contributed by atoms with Gasteiger partial charge in [0, 0.05) is 23.9 Å². The van der Waals surface area contributed by atoms with Gasteiger partial charge in [0.1, 0.15) is 0 Å². The van der Waals surface area contributed by atoms with Crippen molar-refractivity contribution in [3.05, 3.63) is 29.6 Å². The fraction of sp³-hybridized carbons (Fsp3) is 0.688. The van der Waals surface area contributed by atoms with Crippen molar-refractivity contribution in [2.75, 3.05) is 0 Å². The highest BCUT2D eigenvalue weighted by Gasteiger charge is 2.34. The first-order valence-electron chi connectivity index (χ1n) is 7.71. The van der Waals surface area contributed by atoms with Gasteiger partial charge >= 0.3 is 0 Å². The number of aryl methyl sites for hydroxylation is 1. The third-order valence-electron chi connectivity index (χ3n) is 4.59. The van der Waals surface area contributed by atoms with Crippen molar-refractivity contribution >= 4 is 0 Å². The van der Waals surface area contributed by atoms with Gasteiger partial charge in [-0.15, -0.1) is 0 Å². The van der Waals surface area contributed by atoms with Gasteiger partial charge in [0.05, 0.1) is 0 Å². The molecule has 0 radical (unpaired) electrons. The molecule has 3 unspecified atom stereocenters. The van der Waals surface area contributed by atoms with Crippen LogP contribution in [0.4, 0.5) is 0 Å². The van der Waals surface area contributed by atoms with Crippen LogP contribution in [0.2, 0.25) is 0 Å². The van der Waals surface area contributed by atoms with Gasteiger partial charge in [0.15, 0.2) is 0 Å². The molecule has 1 aliphatic carbocycles. The van der Waals surface area contributed by atoms with Gasteiger partial charge in [0.25, 0.3) is 0 Å². The maximum absolute atomic E-state index is 5.88. The van der Waals surface area contributed by atoms with Gasteiger partial charge in [-0.05, 0) is 36.8 Å². The SMILES string of the molecule is CCCCC(CC)C(NN)C1CCc2cccnc21. The van der Waals surface area contributed by atoms with Crippen LogP contribution in [0.25, 0.3) is 0 Å². The fourth-order valence-electron chi connectivity index (χ4n) is 3.48. The molecule has 1 aliphatic rings. The highest BCUT2D eigenvalue weighted by molar-refractivity contribution is 5.30. The molecule has 0 fully saturated rings. The highest BCUT2D eigenvalue weighted by atomic mass is 15.2. The van der Waals surface area contributed by atoms with E-state index in [9.17, 15) is 0 Å². The average Bonchev–Trinajstić information content (AvgIpc) is 2.87. The minimum absolute atomic E-state index is 0.368. The Bertz CT molecular complexity index is 391. The minimum atomic E-state index is 0.368. The van der Waals surface area contributed by atoms with Crippen molar-refractivity contribution in [3.8, 4) is 0 Å². The third kappa shape index (κ3) is 3.15. The number of hydrogen-bond donors (Lipinski definition) is 2. The van der Waals surface area contributed by atoms with Gasteiger partial charge in [0.2, 0.25) is 0 Å². The van der Waals surface area contributed by atoms with Crippen LogP contribution in [-0.2, 0) is 6.42 Å². The molecule has 1 aromatic rings. The zero-order valence-electron chi connectivity index (χ0n) is 12.2. The molecule has 3 atom stereocenters. The molecule has 0 saturated heterocycles. The summed E-state index contributed by atoms with van der Waals surface area (Å²) in [6, 6.07) is 4.62. The van der Waals surface area contributed by atoms with Crippen LogP contribution in [-0.4, -0.2) is 11.0 Å². The van der Waals surface area contributed by atoms with Crippen molar-refractivity contribution in [3.63, 3.8) is 0 Å². The summed E-state index contributed by atoms with van der Waals surface area (Å²) in [6.45, 7) is 4.53. The van der Waals surface area contributed by atoms with Gasteiger partial charge in [-0.25, -0.2) is 0 Å². The molecular weight excluding hydrogens is 234 g/mol. The van der Waals surface area contributed by atoms with E-state index in [-0.39, 0.29) is 0 Å². The lowest BCUT2D eigenvalue weighted by atomic mass is 9.82. The molecule has 2 rings (SSSR count). The Kier molecular flexibility index (Phi) is 5.34. The number of unbranched alkanes of at least 4 members (excludes halogenated alkanes) is 1. The molecule has 0 bridgehead atoms. The van der Waals surface area contributed by atoms with Crippen LogP contribution in [0.5, 0.6) is 0 Å². The predicted octanol–water partition coefficient (Wildman–Crippen LogP) is 3.16. The molecule has 1 aromatic heterocycles. The Morgan fingerprint density at radius 2 is 2.32 bits per heavy atom. The summed E-state index contributed by atoms with van der Waals surface area (Å²) in [7, 11) is 0. The first-order valence-corrected chi connectivity index (χ1v) is 7.71. The maximum atomic E-state index is 5.88. The van der Waals surface area contributed by atoms with Gasteiger partial charge in [-0.2, -0.15) is 0 Å². The second-order valence-corrected chi connectivity index (χ2v) is 5.70. The quantitative estimate of drug-likeness (QED) is 0.585. The van der Waals surface area contributed by atoms with Crippen LogP contribution in [0.1, 0.15) is 63.1 Å². The second-order valence-electron chi connectivity index (χ2n) is 5.70. The first kappa shape index (κ1) is 14.5. The third-order valence-corrected chi connectivity index (χ3v) is 4.59. The molecule has 3 nitrogen and oxygen atoms in total. The second kappa shape index (κ2) is 7.01. The van der Waals surface area contributed by atoms with Gasteiger partial charge in [-0.3, -0.25) is 16.3 Å². The Labute approximate surface area is 117 Å². The van der Waals surface area contributed by atoms with E-state index in [1.165, 1.54) is 43.4 Å². The summed E-state index contributed by atoms with van der Waals surface area (Å²) in [5.41, 5.74) is 5.80. The number of rotatable bonds is 7. The lowest BCUT2D eigenvalue weighted by molar-refractivity contribution is 0.277. The molecule has 106 valence electrons. The smallest absolute Gasteiger partial charge is 0.0482 e. The standard InChI is InChI=1S/C16H27N3/c1-3-5-7-12(4-2)16(19-17)14-10-9-13-8-6-11-18-15(13)14/h6,8,11-12,14,16,19H,3-5,7,9-10,17H2,1-2H3. The molecule has 0 amide bonds. The number of hydrogen-bond acceptors (Lipinski definition) is 3. The van der Waals surface area contributed by atoms with E-state index < -0.39 is 0 Å². The van der Waals surface area contributed by atoms with E-state index in [1.807, 2.05) is 12.3 Å². The molecule has 0 aliphatic heterocycles. The molecule has 0 saturated carbocycles. The van der Waals surface area contributed by atoms with Crippen molar-refractivity contribution in [1.82, 2.24) is 10.4 Å². The monoisotopic (exact) mass is 261 g/mol.